The third-order valence-electron chi connectivity index (χ3n) is 4.55. The molecule has 1 heterocycles. The number of hydrogen-bond acceptors (Lipinski definition) is 2. The summed E-state index contributed by atoms with van der Waals surface area (Å²) in [7, 11) is 0. The summed E-state index contributed by atoms with van der Waals surface area (Å²) < 4.78 is 0. The Hall–Kier alpha value is -0.0800. The Morgan fingerprint density at radius 2 is 1.82 bits per heavy atom. The summed E-state index contributed by atoms with van der Waals surface area (Å²) in [6, 6.07) is 1.38. The fourth-order valence-corrected chi connectivity index (χ4v) is 2.86. The van der Waals surface area contributed by atoms with E-state index in [-0.39, 0.29) is 5.54 Å². The van der Waals surface area contributed by atoms with Crippen molar-refractivity contribution in [3.05, 3.63) is 0 Å². The number of nitrogens with one attached hydrogen (secondary N) is 1. The zero-order valence-corrected chi connectivity index (χ0v) is 12.9. The Morgan fingerprint density at radius 1 is 1.24 bits per heavy atom. The number of nitrogens with zero attached hydrogens (tertiary/aromatic N) is 1. The predicted octanol–water partition coefficient (Wildman–Crippen LogP) is 3.13. The van der Waals surface area contributed by atoms with Gasteiger partial charge in [-0.25, -0.2) is 0 Å². The van der Waals surface area contributed by atoms with E-state index >= 15 is 0 Å². The first-order valence-electron chi connectivity index (χ1n) is 7.29. The summed E-state index contributed by atoms with van der Waals surface area (Å²) in [5.41, 5.74) is 0.257. The van der Waals surface area contributed by atoms with Crippen LogP contribution in [0.3, 0.4) is 0 Å². The van der Waals surface area contributed by atoms with E-state index in [2.05, 4.69) is 58.7 Å². The van der Waals surface area contributed by atoms with E-state index < -0.39 is 0 Å². The molecule has 0 aromatic carbocycles. The van der Waals surface area contributed by atoms with Gasteiger partial charge in [0.2, 0.25) is 0 Å². The maximum atomic E-state index is 3.69. The topological polar surface area (TPSA) is 15.3 Å². The summed E-state index contributed by atoms with van der Waals surface area (Å²) in [6.45, 7) is 18.7. The largest absolute Gasteiger partial charge is 0.309 e. The van der Waals surface area contributed by atoms with Crippen molar-refractivity contribution in [1.29, 1.82) is 0 Å². The maximum absolute atomic E-state index is 3.69. The van der Waals surface area contributed by atoms with Gasteiger partial charge >= 0.3 is 0 Å². The molecule has 0 aromatic heterocycles. The van der Waals surface area contributed by atoms with Crippen molar-refractivity contribution in [1.82, 2.24) is 10.2 Å². The van der Waals surface area contributed by atoms with Crippen molar-refractivity contribution < 1.29 is 0 Å². The number of hydrogen-bond donors (Lipinski definition) is 1. The van der Waals surface area contributed by atoms with Crippen LogP contribution in [-0.4, -0.2) is 35.6 Å². The van der Waals surface area contributed by atoms with Gasteiger partial charge in [-0.2, -0.15) is 0 Å². The third-order valence-corrected chi connectivity index (χ3v) is 4.55. The molecule has 1 aliphatic rings. The number of piperazine rings is 1. The summed E-state index contributed by atoms with van der Waals surface area (Å²) in [5, 5.41) is 3.69. The molecule has 1 rings (SSSR count). The van der Waals surface area contributed by atoms with E-state index in [0.29, 0.717) is 12.1 Å². The van der Waals surface area contributed by atoms with Gasteiger partial charge in [0.15, 0.2) is 0 Å². The van der Waals surface area contributed by atoms with Gasteiger partial charge in [0, 0.05) is 30.7 Å². The van der Waals surface area contributed by atoms with Gasteiger partial charge in [0.25, 0.3) is 0 Å². The van der Waals surface area contributed by atoms with Gasteiger partial charge in [-0.3, -0.25) is 4.90 Å². The zero-order valence-electron chi connectivity index (χ0n) is 12.9. The minimum absolute atomic E-state index is 0.257. The van der Waals surface area contributed by atoms with E-state index in [1.807, 2.05) is 0 Å². The minimum Gasteiger partial charge on any atom is -0.309 e. The molecule has 2 heteroatoms. The first-order chi connectivity index (χ1) is 7.78. The lowest BCUT2D eigenvalue weighted by Crippen LogP contribution is -2.65. The Bertz CT molecular complexity index is 235. The Morgan fingerprint density at radius 3 is 2.29 bits per heavy atom. The van der Waals surface area contributed by atoms with Crippen molar-refractivity contribution in [2.24, 2.45) is 11.8 Å². The minimum atomic E-state index is 0.257. The van der Waals surface area contributed by atoms with Crippen LogP contribution in [0.15, 0.2) is 0 Å². The second kappa shape index (κ2) is 5.71. The molecular formula is C15H32N2. The summed E-state index contributed by atoms with van der Waals surface area (Å²) in [6.07, 6.45) is 1.27. The molecule has 3 atom stereocenters. The van der Waals surface area contributed by atoms with Crippen LogP contribution in [0.4, 0.5) is 0 Å². The van der Waals surface area contributed by atoms with Crippen LogP contribution in [0.2, 0.25) is 0 Å². The highest BCUT2D eigenvalue weighted by Crippen LogP contribution is 2.26. The Labute approximate surface area is 108 Å². The van der Waals surface area contributed by atoms with Crippen LogP contribution in [0.5, 0.6) is 0 Å². The predicted molar refractivity (Wildman–Crippen MR) is 76.3 cm³/mol. The van der Waals surface area contributed by atoms with Crippen LogP contribution in [0.1, 0.15) is 54.9 Å². The molecule has 0 amide bonds. The average Bonchev–Trinajstić information content (AvgIpc) is 2.25. The van der Waals surface area contributed by atoms with Crippen LogP contribution >= 0.6 is 0 Å². The molecule has 0 spiro atoms. The molecule has 3 unspecified atom stereocenters. The highest BCUT2D eigenvalue weighted by atomic mass is 15.3. The van der Waals surface area contributed by atoms with Gasteiger partial charge in [0.1, 0.15) is 0 Å². The van der Waals surface area contributed by atoms with Crippen LogP contribution in [0.25, 0.3) is 0 Å². The summed E-state index contributed by atoms with van der Waals surface area (Å²) in [5.74, 6) is 1.51. The molecule has 102 valence electrons. The van der Waals surface area contributed by atoms with Crippen molar-refractivity contribution in [2.45, 2.75) is 72.5 Å². The fourth-order valence-electron chi connectivity index (χ4n) is 2.86. The monoisotopic (exact) mass is 240 g/mol. The Balaban J connectivity index is 2.80. The molecule has 0 aromatic rings. The first kappa shape index (κ1) is 15.0. The lowest BCUT2D eigenvalue weighted by atomic mass is 9.88. The van der Waals surface area contributed by atoms with Gasteiger partial charge < -0.3 is 5.32 Å². The normalized spacial score (nSPS) is 29.3. The number of rotatable bonds is 4. The molecule has 1 fully saturated rings. The smallest absolute Gasteiger partial charge is 0.0253 e. The lowest BCUT2D eigenvalue weighted by Gasteiger charge is -2.50. The molecule has 1 saturated heterocycles. The highest BCUT2D eigenvalue weighted by Gasteiger charge is 2.37. The molecule has 17 heavy (non-hydrogen) atoms. The van der Waals surface area contributed by atoms with Gasteiger partial charge in [-0.1, -0.05) is 34.1 Å². The second-order valence-corrected chi connectivity index (χ2v) is 6.87. The van der Waals surface area contributed by atoms with Crippen LogP contribution in [0, 0.1) is 11.8 Å². The van der Waals surface area contributed by atoms with Crippen LogP contribution in [-0.2, 0) is 0 Å². The quantitative estimate of drug-likeness (QED) is 0.812. The average molecular weight is 240 g/mol. The second-order valence-electron chi connectivity index (χ2n) is 6.87. The standard InChI is InChI=1S/C15H32N2/c1-8-12(4)13(5)17-10-15(6,7)16-9-14(17)11(2)3/h11-14,16H,8-10H2,1-7H3. The van der Waals surface area contributed by atoms with E-state index in [9.17, 15) is 0 Å². The molecule has 0 aliphatic carbocycles. The molecular weight excluding hydrogens is 208 g/mol. The van der Waals surface area contributed by atoms with Gasteiger partial charge in [-0.05, 0) is 32.6 Å². The van der Waals surface area contributed by atoms with Crippen LogP contribution < -0.4 is 5.32 Å². The molecule has 0 radical (unpaired) electrons. The molecule has 1 aliphatic heterocycles. The van der Waals surface area contributed by atoms with Crippen molar-refractivity contribution in [3.8, 4) is 0 Å². The molecule has 0 bridgehead atoms. The van der Waals surface area contributed by atoms with E-state index in [4.69, 9.17) is 0 Å². The van der Waals surface area contributed by atoms with Crippen molar-refractivity contribution >= 4 is 0 Å². The summed E-state index contributed by atoms with van der Waals surface area (Å²) >= 11 is 0. The van der Waals surface area contributed by atoms with Gasteiger partial charge in [0.05, 0.1) is 0 Å². The van der Waals surface area contributed by atoms with E-state index in [1.54, 1.807) is 0 Å². The third kappa shape index (κ3) is 3.69. The van der Waals surface area contributed by atoms with Crippen molar-refractivity contribution in [2.75, 3.05) is 13.1 Å². The Kier molecular flexibility index (Phi) is 5.03. The zero-order chi connectivity index (χ0) is 13.2. The van der Waals surface area contributed by atoms with Gasteiger partial charge in [-0.15, -0.1) is 0 Å². The summed E-state index contributed by atoms with van der Waals surface area (Å²) in [4.78, 5) is 2.75. The molecule has 2 nitrogen and oxygen atoms in total. The maximum Gasteiger partial charge on any atom is 0.0253 e. The lowest BCUT2D eigenvalue weighted by molar-refractivity contribution is 0.0185. The molecule has 1 N–H and O–H groups in total. The fraction of sp³-hybridized carbons (Fsp3) is 1.00. The van der Waals surface area contributed by atoms with E-state index in [0.717, 1.165) is 18.4 Å². The highest BCUT2D eigenvalue weighted by molar-refractivity contribution is 4.95. The SMILES string of the molecule is CCC(C)C(C)N1CC(C)(C)NCC1C(C)C. The molecule has 0 saturated carbocycles. The van der Waals surface area contributed by atoms with Crippen molar-refractivity contribution in [3.63, 3.8) is 0 Å². The van der Waals surface area contributed by atoms with E-state index in [1.165, 1.54) is 13.0 Å². The first-order valence-corrected chi connectivity index (χ1v) is 7.29.